The summed E-state index contributed by atoms with van der Waals surface area (Å²) < 4.78 is 29.6. The third kappa shape index (κ3) is 3.21. The number of aliphatic hydroxyl groups is 1. The Bertz CT molecular complexity index is 644. The zero-order valence-corrected chi connectivity index (χ0v) is 11.7. The average Bonchev–Trinajstić information content (AvgIpc) is 2.81. The highest BCUT2D eigenvalue weighted by Crippen LogP contribution is 2.29. The van der Waals surface area contributed by atoms with E-state index in [9.17, 15) is 19.3 Å². The number of aromatic nitrogens is 2. The number of nitrogens with one attached hydrogen (secondary N) is 1. The van der Waals surface area contributed by atoms with Gasteiger partial charge in [0.25, 0.3) is 5.56 Å². The molecule has 1 fully saturated rings. The number of ether oxygens (including phenoxy) is 1. The molecular formula is C11H16N2O6P+. The molecule has 0 spiro atoms. The van der Waals surface area contributed by atoms with E-state index in [2.05, 4.69) is 4.98 Å². The van der Waals surface area contributed by atoms with E-state index in [0.717, 1.165) is 0 Å². The van der Waals surface area contributed by atoms with Crippen molar-refractivity contribution in [3.8, 4) is 0 Å². The summed E-state index contributed by atoms with van der Waals surface area (Å²) in [6, 6.07) is 0. The van der Waals surface area contributed by atoms with Crippen LogP contribution in [0, 0.1) is 6.92 Å². The van der Waals surface area contributed by atoms with Crippen molar-refractivity contribution >= 4 is 8.03 Å². The number of rotatable bonds is 4. The van der Waals surface area contributed by atoms with Gasteiger partial charge in [-0.05, 0) is 11.5 Å². The molecular weight excluding hydrogens is 287 g/mol. The van der Waals surface area contributed by atoms with Crippen LogP contribution in [-0.2, 0) is 13.8 Å². The zero-order chi connectivity index (χ0) is 15.6. The largest absolute Gasteiger partial charge is 0.504 e. The number of aliphatic hydroxyl groups excluding tert-OH is 1. The maximum absolute atomic E-state index is 11.7. The van der Waals surface area contributed by atoms with E-state index in [-0.39, 0.29) is 19.7 Å². The highest BCUT2D eigenvalue weighted by molar-refractivity contribution is 7.38. The molecule has 110 valence electrons. The van der Waals surface area contributed by atoms with Crippen LogP contribution in [0.2, 0.25) is 0 Å². The predicted molar refractivity (Wildman–Crippen MR) is 70.1 cm³/mol. The second kappa shape index (κ2) is 5.97. The first kappa shape index (κ1) is 13.6. The standard InChI is InChI=1S/C11H15N2O6P/c1-6-4-13(11(16)12-10(6)15)9-3-7(14)8(19-9)5-18-20(2)17/h4,7-9,14H,3,5H2,1-2H3/p+1/t7-,8+,9+/m0/s1/i2T. The second-order valence-corrected chi connectivity index (χ2v) is 5.46. The van der Waals surface area contributed by atoms with Crippen molar-refractivity contribution in [1.82, 2.24) is 9.55 Å². The summed E-state index contributed by atoms with van der Waals surface area (Å²) in [6.45, 7) is 1.07. The molecule has 0 amide bonds. The molecule has 0 saturated carbocycles. The Morgan fingerprint density at radius 2 is 2.45 bits per heavy atom. The summed E-state index contributed by atoms with van der Waals surface area (Å²) in [6.07, 6.45) is -0.836. The first-order valence-electron chi connectivity index (χ1n) is 6.65. The number of aromatic amines is 1. The summed E-state index contributed by atoms with van der Waals surface area (Å²) in [5.74, 6) is 0. The normalized spacial score (nSPS) is 27.4. The molecule has 0 aromatic carbocycles. The molecule has 1 unspecified atom stereocenters. The highest BCUT2D eigenvalue weighted by atomic mass is 31.1. The van der Waals surface area contributed by atoms with E-state index >= 15 is 0 Å². The lowest BCUT2D eigenvalue weighted by atomic mass is 10.2. The Morgan fingerprint density at radius 1 is 1.70 bits per heavy atom. The van der Waals surface area contributed by atoms with Crippen LogP contribution in [0.25, 0.3) is 0 Å². The molecule has 0 bridgehead atoms. The van der Waals surface area contributed by atoms with Crippen LogP contribution < -0.4 is 11.2 Å². The van der Waals surface area contributed by atoms with Crippen molar-refractivity contribution in [2.45, 2.75) is 31.8 Å². The molecule has 8 nitrogen and oxygen atoms in total. The van der Waals surface area contributed by atoms with Gasteiger partial charge in [-0.2, -0.15) is 0 Å². The lowest BCUT2D eigenvalue weighted by molar-refractivity contribution is -0.0397. The minimum Gasteiger partial charge on any atom is -0.390 e. The SMILES string of the molecule is [3H]C[P+](=O)OC[C@H]1O[C@@H](n2cc(C)c(=O)[nH]c2=O)C[C@@H]1O. The van der Waals surface area contributed by atoms with Gasteiger partial charge in [-0.1, -0.05) is 0 Å². The molecule has 0 aliphatic carbocycles. The van der Waals surface area contributed by atoms with E-state index in [4.69, 9.17) is 10.6 Å². The Hall–Kier alpha value is -1.34. The van der Waals surface area contributed by atoms with Crippen LogP contribution in [0.5, 0.6) is 0 Å². The summed E-state index contributed by atoms with van der Waals surface area (Å²) in [5, 5.41) is 9.89. The van der Waals surface area contributed by atoms with Gasteiger partial charge in [0.05, 0.1) is 7.47 Å². The molecule has 2 N–H and O–H groups in total. The summed E-state index contributed by atoms with van der Waals surface area (Å²) in [5.41, 5.74) is -0.742. The Balaban J connectivity index is 2.10. The lowest BCUT2D eigenvalue weighted by Crippen LogP contribution is -2.33. The fraction of sp³-hybridized carbons (Fsp3) is 0.636. The molecule has 1 aromatic rings. The van der Waals surface area contributed by atoms with Crippen molar-refractivity contribution in [2.75, 3.05) is 13.2 Å². The minimum absolute atomic E-state index is 0.122. The van der Waals surface area contributed by atoms with Gasteiger partial charge in [-0.3, -0.25) is 14.3 Å². The summed E-state index contributed by atoms with van der Waals surface area (Å²) in [4.78, 5) is 25.2. The van der Waals surface area contributed by atoms with Crippen molar-refractivity contribution in [1.29, 1.82) is 0 Å². The van der Waals surface area contributed by atoms with Crippen LogP contribution >= 0.6 is 8.03 Å². The molecule has 2 heterocycles. The van der Waals surface area contributed by atoms with E-state index in [1.54, 1.807) is 6.92 Å². The number of aryl methyl sites for hydroxylation is 1. The fourth-order valence-corrected chi connectivity index (χ4v) is 2.31. The zero-order valence-electron chi connectivity index (χ0n) is 11.8. The Labute approximate surface area is 116 Å². The van der Waals surface area contributed by atoms with Crippen LogP contribution in [-0.4, -0.2) is 40.1 Å². The summed E-state index contributed by atoms with van der Waals surface area (Å²) >= 11 is 0. The van der Waals surface area contributed by atoms with E-state index in [1.165, 1.54) is 10.8 Å². The quantitative estimate of drug-likeness (QED) is 0.750. The predicted octanol–water partition coefficient (Wildman–Crippen LogP) is -0.118. The van der Waals surface area contributed by atoms with Gasteiger partial charge in [0.1, 0.15) is 18.9 Å². The summed E-state index contributed by atoms with van der Waals surface area (Å²) in [7, 11) is -2.09. The topological polar surface area (TPSA) is 111 Å². The second-order valence-electron chi connectivity index (χ2n) is 4.54. The number of H-pyrrole nitrogens is 1. The van der Waals surface area contributed by atoms with Crippen molar-refractivity contribution in [3.63, 3.8) is 0 Å². The first-order chi connectivity index (χ1) is 9.92. The monoisotopic (exact) mass is 305 g/mol. The molecule has 1 aromatic heterocycles. The van der Waals surface area contributed by atoms with E-state index in [1.807, 2.05) is 0 Å². The van der Waals surface area contributed by atoms with Gasteiger partial charge in [-0.25, -0.2) is 4.79 Å². The molecule has 1 aliphatic heterocycles. The van der Waals surface area contributed by atoms with Crippen molar-refractivity contribution in [3.05, 3.63) is 32.6 Å². The van der Waals surface area contributed by atoms with Gasteiger partial charge in [0, 0.05) is 18.2 Å². The highest BCUT2D eigenvalue weighted by Gasteiger charge is 2.37. The fourth-order valence-electron chi connectivity index (χ4n) is 1.99. The van der Waals surface area contributed by atoms with Gasteiger partial charge in [-0.15, -0.1) is 4.52 Å². The molecule has 0 radical (unpaired) electrons. The number of hydrogen-bond acceptors (Lipinski definition) is 6. The molecule has 1 aliphatic rings. The number of nitrogens with zero attached hydrogens (tertiary/aromatic N) is 1. The molecule has 1 saturated heterocycles. The third-order valence-corrected chi connectivity index (χ3v) is 3.48. The molecule has 2 rings (SSSR count). The molecule has 4 atom stereocenters. The van der Waals surface area contributed by atoms with Gasteiger partial charge >= 0.3 is 13.7 Å². The number of hydrogen-bond donors (Lipinski definition) is 2. The van der Waals surface area contributed by atoms with Crippen LogP contribution in [0.1, 0.15) is 19.6 Å². The van der Waals surface area contributed by atoms with E-state index in [0.29, 0.717) is 5.56 Å². The van der Waals surface area contributed by atoms with Gasteiger partial charge < -0.3 is 9.84 Å². The van der Waals surface area contributed by atoms with Gasteiger partial charge in [0.2, 0.25) is 0 Å². The molecule has 9 heteroatoms. The average molecular weight is 305 g/mol. The maximum atomic E-state index is 11.7. The Kier molecular flexibility index (Phi) is 4.07. The molecule has 20 heavy (non-hydrogen) atoms. The lowest BCUT2D eigenvalue weighted by Gasteiger charge is -2.14. The first-order valence-corrected chi connectivity index (χ1v) is 7.31. The van der Waals surface area contributed by atoms with Gasteiger partial charge in [0.15, 0.2) is 6.64 Å². The Morgan fingerprint density at radius 3 is 3.15 bits per heavy atom. The third-order valence-electron chi connectivity index (χ3n) is 3.04. The van der Waals surface area contributed by atoms with Crippen molar-refractivity contribution in [2.24, 2.45) is 0 Å². The van der Waals surface area contributed by atoms with Crippen molar-refractivity contribution < 1.29 is 20.3 Å². The van der Waals surface area contributed by atoms with Crippen LogP contribution in [0.4, 0.5) is 0 Å². The maximum Gasteiger partial charge on any atom is 0.504 e. The van der Waals surface area contributed by atoms with Crippen LogP contribution in [0.3, 0.4) is 0 Å². The minimum atomic E-state index is -2.09. The smallest absolute Gasteiger partial charge is 0.390 e. The van der Waals surface area contributed by atoms with Crippen LogP contribution in [0.15, 0.2) is 15.8 Å². The van der Waals surface area contributed by atoms with E-state index < -0.39 is 37.7 Å².